The smallest absolute Gasteiger partial charge is 0.223 e. The lowest BCUT2D eigenvalue weighted by Gasteiger charge is -2.35. The van der Waals surface area contributed by atoms with Crippen LogP contribution >= 0.6 is 0 Å². The zero-order chi connectivity index (χ0) is 11.1. The SMILES string of the molecule is CC(C)C(C)C1C(C)C(=O)NC1(C)C. The number of amides is 1. The van der Waals surface area contributed by atoms with Crippen molar-refractivity contribution >= 4 is 5.91 Å². The van der Waals surface area contributed by atoms with Crippen LogP contribution in [0.1, 0.15) is 41.5 Å². The summed E-state index contributed by atoms with van der Waals surface area (Å²) in [5.41, 5.74) is -0.0415. The molecule has 0 radical (unpaired) electrons. The van der Waals surface area contributed by atoms with Gasteiger partial charge in [0.05, 0.1) is 0 Å². The van der Waals surface area contributed by atoms with Crippen LogP contribution in [0.3, 0.4) is 0 Å². The first kappa shape index (κ1) is 11.5. The molecule has 0 aliphatic carbocycles. The predicted molar refractivity (Wildman–Crippen MR) is 58.9 cm³/mol. The third-order valence-corrected chi connectivity index (χ3v) is 3.85. The molecule has 1 saturated heterocycles. The summed E-state index contributed by atoms with van der Waals surface area (Å²) in [6.07, 6.45) is 0. The highest BCUT2D eigenvalue weighted by Gasteiger charge is 2.47. The van der Waals surface area contributed by atoms with Crippen LogP contribution in [-0.4, -0.2) is 11.4 Å². The van der Waals surface area contributed by atoms with E-state index in [0.717, 1.165) is 0 Å². The molecule has 0 spiro atoms. The molecule has 1 heterocycles. The maximum absolute atomic E-state index is 11.6. The van der Waals surface area contributed by atoms with Crippen LogP contribution in [0.4, 0.5) is 0 Å². The molecule has 3 atom stereocenters. The summed E-state index contributed by atoms with van der Waals surface area (Å²) < 4.78 is 0. The molecule has 0 aromatic heterocycles. The molecular weight excluding hydrogens is 174 g/mol. The molecule has 0 saturated carbocycles. The van der Waals surface area contributed by atoms with Gasteiger partial charge < -0.3 is 5.32 Å². The first-order chi connectivity index (χ1) is 6.27. The number of carbonyl (C=O) groups is 1. The highest BCUT2D eigenvalue weighted by Crippen LogP contribution is 2.40. The van der Waals surface area contributed by atoms with Gasteiger partial charge in [0, 0.05) is 11.5 Å². The lowest BCUT2D eigenvalue weighted by molar-refractivity contribution is -0.122. The van der Waals surface area contributed by atoms with Crippen molar-refractivity contribution in [2.45, 2.75) is 47.1 Å². The maximum atomic E-state index is 11.6. The van der Waals surface area contributed by atoms with Crippen molar-refractivity contribution in [2.75, 3.05) is 0 Å². The maximum Gasteiger partial charge on any atom is 0.223 e. The molecule has 14 heavy (non-hydrogen) atoms. The van der Waals surface area contributed by atoms with E-state index in [4.69, 9.17) is 0 Å². The highest BCUT2D eigenvalue weighted by atomic mass is 16.2. The first-order valence-corrected chi connectivity index (χ1v) is 5.59. The summed E-state index contributed by atoms with van der Waals surface area (Å²) in [6.45, 7) is 13.0. The summed E-state index contributed by atoms with van der Waals surface area (Å²) in [4.78, 5) is 11.6. The standard InChI is InChI=1S/C12H23NO/c1-7(2)8(3)10-9(4)11(14)13-12(10,5)6/h7-10H,1-6H3,(H,13,14). The second kappa shape index (κ2) is 3.56. The van der Waals surface area contributed by atoms with E-state index in [9.17, 15) is 4.79 Å². The Morgan fingerprint density at radius 3 is 2.07 bits per heavy atom. The average molecular weight is 197 g/mol. The summed E-state index contributed by atoms with van der Waals surface area (Å²) in [5, 5.41) is 3.09. The van der Waals surface area contributed by atoms with Gasteiger partial charge in [-0.3, -0.25) is 4.79 Å². The number of rotatable bonds is 2. The van der Waals surface area contributed by atoms with Crippen molar-refractivity contribution in [3.63, 3.8) is 0 Å². The van der Waals surface area contributed by atoms with Crippen molar-refractivity contribution < 1.29 is 4.79 Å². The molecule has 0 aromatic carbocycles. The van der Waals surface area contributed by atoms with Gasteiger partial charge in [0.15, 0.2) is 0 Å². The van der Waals surface area contributed by atoms with E-state index in [1.165, 1.54) is 0 Å². The Morgan fingerprint density at radius 1 is 1.29 bits per heavy atom. The second-order valence-electron chi connectivity index (χ2n) is 5.63. The Bertz CT molecular complexity index is 232. The van der Waals surface area contributed by atoms with Crippen LogP contribution in [0.25, 0.3) is 0 Å². The van der Waals surface area contributed by atoms with Crippen molar-refractivity contribution in [1.29, 1.82) is 0 Å². The summed E-state index contributed by atoms with van der Waals surface area (Å²) in [5.74, 6) is 2.04. The molecular formula is C12H23NO. The molecule has 2 heteroatoms. The fraction of sp³-hybridized carbons (Fsp3) is 0.917. The monoisotopic (exact) mass is 197 g/mol. The Labute approximate surface area is 87.5 Å². The Balaban J connectivity index is 2.90. The van der Waals surface area contributed by atoms with E-state index < -0.39 is 0 Å². The fourth-order valence-electron chi connectivity index (χ4n) is 2.83. The molecule has 1 N–H and O–H groups in total. The van der Waals surface area contributed by atoms with Crippen LogP contribution in [0, 0.1) is 23.7 Å². The van der Waals surface area contributed by atoms with Crippen LogP contribution < -0.4 is 5.32 Å². The summed E-state index contributed by atoms with van der Waals surface area (Å²) in [7, 11) is 0. The van der Waals surface area contributed by atoms with Crippen molar-refractivity contribution in [1.82, 2.24) is 5.32 Å². The normalized spacial score (nSPS) is 33.2. The minimum Gasteiger partial charge on any atom is -0.351 e. The predicted octanol–water partition coefficient (Wildman–Crippen LogP) is 2.44. The molecule has 1 aliphatic heterocycles. The van der Waals surface area contributed by atoms with Crippen molar-refractivity contribution in [2.24, 2.45) is 23.7 Å². The van der Waals surface area contributed by atoms with E-state index in [0.29, 0.717) is 17.8 Å². The molecule has 3 unspecified atom stereocenters. The lowest BCUT2D eigenvalue weighted by Crippen LogP contribution is -2.43. The van der Waals surface area contributed by atoms with Gasteiger partial charge in [-0.25, -0.2) is 0 Å². The topological polar surface area (TPSA) is 29.1 Å². The van der Waals surface area contributed by atoms with Crippen LogP contribution in [0.2, 0.25) is 0 Å². The van der Waals surface area contributed by atoms with E-state index >= 15 is 0 Å². The van der Waals surface area contributed by atoms with Crippen molar-refractivity contribution in [3.05, 3.63) is 0 Å². The minimum atomic E-state index is -0.0415. The van der Waals surface area contributed by atoms with Gasteiger partial charge >= 0.3 is 0 Å². The van der Waals surface area contributed by atoms with E-state index in [1.807, 2.05) is 6.92 Å². The molecule has 82 valence electrons. The minimum absolute atomic E-state index is 0.0415. The zero-order valence-corrected chi connectivity index (χ0v) is 10.2. The van der Waals surface area contributed by atoms with Gasteiger partial charge in [0.1, 0.15) is 0 Å². The molecule has 1 aliphatic rings. The number of hydrogen-bond donors (Lipinski definition) is 1. The molecule has 1 fully saturated rings. The number of nitrogens with one attached hydrogen (secondary N) is 1. The van der Waals surface area contributed by atoms with Crippen LogP contribution in [0.5, 0.6) is 0 Å². The van der Waals surface area contributed by atoms with E-state index in [1.54, 1.807) is 0 Å². The van der Waals surface area contributed by atoms with Crippen molar-refractivity contribution in [3.8, 4) is 0 Å². The molecule has 2 nitrogen and oxygen atoms in total. The summed E-state index contributed by atoms with van der Waals surface area (Å²) in [6, 6.07) is 0. The molecule has 0 bridgehead atoms. The fourth-order valence-corrected chi connectivity index (χ4v) is 2.83. The molecule has 1 amide bonds. The lowest BCUT2D eigenvalue weighted by atomic mass is 9.71. The largest absolute Gasteiger partial charge is 0.351 e. The number of hydrogen-bond acceptors (Lipinski definition) is 1. The van der Waals surface area contributed by atoms with Crippen LogP contribution in [-0.2, 0) is 4.79 Å². The third-order valence-electron chi connectivity index (χ3n) is 3.85. The second-order valence-corrected chi connectivity index (χ2v) is 5.63. The first-order valence-electron chi connectivity index (χ1n) is 5.59. The zero-order valence-electron chi connectivity index (χ0n) is 10.2. The van der Waals surface area contributed by atoms with E-state index in [2.05, 4.69) is 39.9 Å². The quantitative estimate of drug-likeness (QED) is 0.724. The molecule has 1 rings (SSSR count). The van der Waals surface area contributed by atoms with Crippen LogP contribution in [0.15, 0.2) is 0 Å². The van der Waals surface area contributed by atoms with Gasteiger partial charge in [0.2, 0.25) is 5.91 Å². The Kier molecular flexibility index (Phi) is 2.93. The number of carbonyl (C=O) groups excluding carboxylic acids is 1. The van der Waals surface area contributed by atoms with Gasteiger partial charge in [-0.15, -0.1) is 0 Å². The highest BCUT2D eigenvalue weighted by molar-refractivity contribution is 5.82. The van der Waals surface area contributed by atoms with Gasteiger partial charge in [-0.1, -0.05) is 27.7 Å². The van der Waals surface area contributed by atoms with Gasteiger partial charge in [0.25, 0.3) is 0 Å². The third kappa shape index (κ3) is 1.79. The van der Waals surface area contributed by atoms with Gasteiger partial charge in [-0.2, -0.15) is 0 Å². The average Bonchev–Trinajstić information content (AvgIpc) is 2.20. The molecule has 0 aromatic rings. The Hall–Kier alpha value is -0.530. The summed E-state index contributed by atoms with van der Waals surface area (Å²) >= 11 is 0. The van der Waals surface area contributed by atoms with Gasteiger partial charge in [-0.05, 0) is 31.6 Å². The van der Waals surface area contributed by atoms with E-state index in [-0.39, 0.29) is 17.4 Å². The Morgan fingerprint density at radius 2 is 1.79 bits per heavy atom.